The Labute approximate surface area is 153 Å². The van der Waals surface area contributed by atoms with Crippen molar-refractivity contribution in [3.63, 3.8) is 0 Å². The summed E-state index contributed by atoms with van der Waals surface area (Å²) >= 11 is 5.96. The summed E-state index contributed by atoms with van der Waals surface area (Å²) in [6.07, 6.45) is 3.79. The third-order valence-electron chi connectivity index (χ3n) is 4.24. The van der Waals surface area contributed by atoms with Crippen LogP contribution >= 0.6 is 11.6 Å². The zero-order valence-corrected chi connectivity index (χ0v) is 15.0. The fourth-order valence-electron chi connectivity index (χ4n) is 2.98. The van der Waals surface area contributed by atoms with Crippen LogP contribution in [0.25, 0.3) is 0 Å². The van der Waals surface area contributed by atoms with Crippen LogP contribution in [0.3, 0.4) is 0 Å². The van der Waals surface area contributed by atoms with Gasteiger partial charge in [0.15, 0.2) is 0 Å². The Hall–Kier alpha value is -2.27. The molecule has 0 bridgehead atoms. The van der Waals surface area contributed by atoms with Gasteiger partial charge in [0.2, 0.25) is 0 Å². The number of aryl methyl sites for hydroxylation is 1. The van der Waals surface area contributed by atoms with Gasteiger partial charge in [-0.1, -0.05) is 17.7 Å². The molecule has 1 unspecified atom stereocenters. The van der Waals surface area contributed by atoms with Crippen molar-refractivity contribution in [2.24, 2.45) is 5.92 Å². The zero-order chi connectivity index (χ0) is 17.6. The number of likely N-dealkylation sites (tertiary alicyclic amines) is 1. The molecule has 0 aliphatic carbocycles. The van der Waals surface area contributed by atoms with Crippen LogP contribution in [0.2, 0.25) is 5.02 Å². The Morgan fingerprint density at radius 2 is 2.28 bits per heavy atom. The molecule has 1 saturated heterocycles. The van der Waals surface area contributed by atoms with Crippen molar-refractivity contribution in [2.45, 2.75) is 19.8 Å². The van der Waals surface area contributed by atoms with Gasteiger partial charge in [0.05, 0.1) is 6.61 Å². The van der Waals surface area contributed by atoms with Crippen LogP contribution in [0.4, 0.5) is 10.5 Å². The van der Waals surface area contributed by atoms with E-state index in [-0.39, 0.29) is 6.03 Å². The van der Waals surface area contributed by atoms with Gasteiger partial charge in [-0.25, -0.2) is 4.79 Å². The third kappa shape index (κ3) is 5.10. The number of amides is 2. The van der Waals surface area contributed by atoms with Gasteiger partial charge in [0.25, 0.3) is 0 Å². The van der Waals surface area contributed by atoms with Crippen molar-refractivity contribution in [2.75, 3.05) is 25.0 Å². The number of hydrogen-bond acceptors (Lipinski definition) is 3. The van der Waals surface area contributed by atoms with Gasteiger partial charge in [0, 0.05) is 47.7 Å². The number of urea groups is 1. The fourth-order valence-corrected chi connectivity index (χ4v) is 3.17. The smallest absolute Gasteiger partial charge is 0.321 e. The Bertz CT molecular complexity index is 738. The zero-order valence-electron chi connectivity index (χ0n) is 14.2. The Kier molecular flexibility index (Phi) is 5.76. The number of rotatable bonds is 4. The lowest BCUT2D eigenvalue weighted by Crippen LogP contribution is -2.43. The lowest BCUT2D eigenvalue weighted by molar-refractivity contribution is 0.145. The minimum atomic E-state index is -0.0910. The third-order valence-corrected chi connectivity index (χ3v) is 4.47. The predicted octanol–water partition coefficient (Wildman–Crippen LogP) is 4.37. The van der Waals surface area contributed by atoms with Gasteiger partial charge in [-0.15, -0.1) is 0 Å². The molecule has 1 aliphatic rings. The average Bonchev–Trinajstić information content (AvgIpc) is 2.60. The van der Waals surface area contributed by atoms with Gasteiger partial charge < -0.3 is 15.0 Å². The molecule has 1 N–H and O–H groups in total. The van der Waals surface area contributed by atoms with Crippen LogP contribution in [0, 0.1) is 12.8 Å². The Balaban J connectivity index is 1.52. The standard InChI is InChI=1S/C19H22ClN3O2/c1-14-10-18(7-8-21-14)25-13-15-4-3-9-23(12-15)19(24)22-17-6-2-5-16(20)11-17/h2,5-8,10-11,15H,3-4,9,12-13H2,1H3,(H,22,24). The van der Waals surface area contributed by atoms with Crippen molar-refractivity contribution in [1.29, 1.82) is 0 Å². The maximum atomic E-state index is 12.5. The van der Waals surface area contributed by atoms with Gasteiger partial charge in [0.1, 0.15) is 5.75 Å². The second-order valence-corrected chi connectivity index (χ2v) is 6.78. The molecule has 2 aromatic rings. The maximum absolute atomic E-state index is 12.5. The molecule has 1 aliphatic heterocycles. The number of ether oxygens (including phenoxy) is 1. The minimum Gasteiger partial charge on any atom is -0.493 e. The summed E-state index contributed by atoms with van der Waals surface area (Å²) in [5, 5.41) is 3.51. The van der Waals surface area contributed by atoms with E-state index in [1.54, 1.807) is 18.3 Å². The monoisotopic (exact) mass is 359 g/mol. The molecule has 2 amide bonds. The number of benzene rings is 1. The first-order valence-corrected chi connectivity index (χ1v) is 8.85. The van der Waals surface area contributed by atoms with E-state index in [1.807, 2.05) is 36.1 Å². The van der Waals surface area contributed by atoms with E-state index in [9.17, 15) is 4.79 Å². The second-order valence-electron chi connectivity index (χ2n) is 6.34. The quantitative estimate of drug-likeness (QED) is 0.882. The minimum absolute atomic E-state index is 0.0910. The molecule has 6 heteroatoms. The van der Waals surface area contributed by atoms with E-state index in [4.69, 9.17) is 16.3 Å². The fraction of sp³-hybridized carbons (Fsp3) is 0.368. The molecule has 0 radical (unpaired) electrons. The topological polar surface area (TPSA) is 54.5 Å². The van der Waals surface area contributed by atoms with E-state index in [2.05, 4.69) is 10.3 Å². The molecular formula is C19H22ClN3O2. The molecular weight excluding hydrogens is 338 g/mol. The van der Waals surface area contributed by atoms with Crippen LogP contribution in [0.5, 0.6) is 5.75 Å². The predicted molar refractivity (Wildman–Crippen MR) is 99.2 cm³/mol. The molecule has 0 spiro atoms. The Morgan fingerprint density at radius 1 is 1.40 bits per heavy atom. The second kappa shape index (κ2) is 8.21. The van der Waals surface area contributed by atoms with Crippen molar-refractivity contribution >= 4 is 23.3 Å². The van der Waals surface area contributed by atoms with Crippen molar-refractivity contribution in [3.8, 4) is 5.75 Å². The summed E-state index contributed by atoms with van der Waals surface area (Å²) in [6, 6.07) is 10.9. The van der Waals surface area contributed by atoms with Gasteiger partial charge in [-0.2, -0.15) is 0 Å². The molecule has 1 aromatic heterocycles. The van der Waals surface area contributed by atoms with E-state index in [0.717, 1.165) is 30.8 Å². The molecule has 25 heavy (non-hydrogen) atoms. The van der Waals surface area contributed by atoms with E-state index < -0.39 is 0 Å². The Morgan fingerprint density at radius 3 is 3.08 bits per heavy atom. The summed E-state index contributed by atoms with van der Waals surface area (Å²) in [5.41, 5.74) is 1.65. The van der Waals surface area contributed by atoms with Crippen LogP contribution in [-0.2, 0) is 0 Å². The molecule has 3 rings (SSSR count). The number of carbonyl (C=O) groups is 1. The molecule has 0 saturated carbocycles. The average molecular weight is 360 g/mol. The summed E-state index contributed by atoms with van der Waals surface area (Å²) in [5.74, 6) is 1.15. The van der Waals surface area contributed by atoms with E-state index in [0.29, 0.717) is 29.8 Å². The molecule has 1 fully saturated rings. The maximum Gasteiger partial charge on any atom is 0.321 e. The van der Waals surface area contributed by atoms with Crippen molar-refractivity contribution in [1.82, 2.24) is 9.88 Å². The lowest BCUT2D eigenvalue weighted by Gasteiger charge is -2.32. The number of nitrogens with zero attached hydrogens (tertiary/aromatic N) is 2. The van der Waals surface area contributed by atoms with Gasteiger partial charge in [-0.3, -0.25) is 4.98 Å². The van der Waals surface area contributed by atoms with E-state index in [1.165, 1.54) is 0 Å². The number of piperidine rings is 1. The van der Waals surface area contributed by atoms with E-state index >= 15 is 0 Å². The van der Waals surface area contributed by atoms with Crippen LogP contribution in [0.15, 0.2) is 42.6 Å². The summed E-state index contributed by atoms with van der Waals surface area (Å²) < 4.78 is 5.87. The summed E-state index contributed by atoms with van der Waals surface area (Å²) in [6.45, 7) is 3.99. The largest absolute Gasteiger partial charge is 0.493 e. The highest BCUT2D eigenvalue weighted by molar-refractivity contribution is 6.30. The molecule has 2 heterocycles. The van der Waals surface area contributed by atoms with Gasteiger partial charge >= 0.3 is 6.03 Å². The highest BCUT2D eigenvalue weighted by atomic mass is 35.5. The number of carbonyl (C=O) groups excluding carboxylic acids is 1. The number of aromatic nitrogens is 1. The lowest BCUT2D eigenvalue weighted by atomic mass is 9.99. The molecule has 1 aromatic carbocycles. The number of pyridine rings is 1. The SMILES string of the molecule is Cc1cc(OCC2CCCN(C(=O)Nc3cccc(Cl)c3)C2)ccn1. The first-order chi connectivity index (χ1) is 12.1. The number of halogens is 1. The van der Waals surface area contributed by atoms with Crippen LogP contribution < -0.4 is 10.1 Å². The van der Waals surface area contributed by atoms with Crippen LogP contribution in [0.1, 0.15) is 18.5 Å². The number of hydrogen-bond donors (Lipinski definition) is 1. The number of anilines is 1. The van der Waals surface area contributed by atoms with Crippen molar-refractivity contribution in [3.05, 3.63) is 53.3 Å². The van der Waals surface area contributed by atoms with Crippen LogP contribution in [-0.4, -0.2) is 35.6 Å². The molecule has 1 atom stereocenters. The van der Waals surface area contributed by atoms with Gasteiger partial charge in [-0.05, 0) is 44.0 Å². The highest BCUT2D eigenvalue weighted by Crippen LogP contribution is 2.21. The number of nitrogens with one attached hydrogen (secondary N) is 1. The van der Waals surface area contributed by atoms with Crippen molar-refractivity contribution < 1.29 is 9.53 Å². The summed E-state index contributed by atoms with van der Waals surface area (Å²) in [4.78, 5) is 18.5. The molecule has 132 valence electrons. The summed E-state index contributed by atoms with van der Waals surface area (Å²) in [7, 11) is 0. The first kappa shape index (κ1) is 17.5. The highest BCUT2D eigenvalue weighted by Gasteiger charge is 2.24. The first-order valence-electron chi connectivity index (χ1n) is 8.47. The molecule has 5 nitrogen and oxygen atoms in total. The normalized spacial score (nSPS) is 17.2.